The van der Waals surface area contributed by atoms with Crippen molar-refractivity contribution in [1.29, 1.82) is 0 Å². The number of nitrogens with one attached hydrogen (secondary N) is 1. The van der Waals surface area contributed by atoms with E-state index < -0.39 is 0 Å². The summed E-state index contributed by atoms with van der Waals surface area (Å²) in [5.41, 5.74) is 0.495. The van der Waals surface area contributed by atoms with Crippen molar-refractivity contribution in [2.24, 2.45) is 5.41 Å². The van der Waals surface area contributed by atoms with Crippen molar-refractivity contribution < 1.29 is 6.17 Å². The van der Waals surface area contributed by atoms with E-state index in [-0.39, 0.29) is 11.3 Å². The Hall–Kier alpha value is -1.84. The molecule has 1 amide bonds. The van der Waals surface area contributed by atoms with Gasteiger partial charge in [-0.25, -0.2) is 4.98 Å². The number of hydrogen-bond acceptors (Lipinski definition) is 3. The van der Waals surface area contributed by atoms with E-state index in [1.807, 2.05) is 6.07 Å². The quantitative estimate of drug-likeness (QED) is 0.792. The molecule has 1 N–H and O–H groups in total. The molecule has 0 radical (unpaired) electrons. The van der Waals surface area contributed by atoms with Crippen LogP contribution in [0.25, 0.3) is 0 Å². The summed E-state index contributed by atoms with van der Waals surface area (Å²) in [5.74, 6) is 0.931. The molecule has 2 saturated heterocycles. The third kappa shape index (κ3) is 1.60. The van der Waals surface area contributed by atoms with Crippen LogP contribution < -0.4 is 10.2 Å². The predicted molar refractivity (Wildman–Crippen MR) is 65.4 cm³/mol. The summed E-state index contributed by atoms with van der Waals surface area (Å²) < 4.78 is 7.42. The largest absolute Gasteiger partial charge is 0.355 e. The van der Waals surface area contributed by atoms with Gasteiger partial charge in [0.2, 0.25) is 5.91 Å². The van der Waals surface area contributed by atoms with Gasteiger partial charge in [0.05, 0.1) is 6.79 Å². The van der Waals surface area contributed by atoms with Gasteiger partial charge in [0.25, 0.3) is 0 Å². The SMILES string of the molecule is [3H]c1ccc(N2CCC3(CC(=C)NC3=O)C2)nc1. The van der Waals surface area contributed by atoms with Crippen molar-refractivity contribution in [2.45, 2.75) is 12.8 Å². The van der Waals surface area contributed by atoms with Crippen molar-refractivity contribution in [3.8, 4) is 0 Å². The van der Waals surface area contributed by atoms with Crippen molar-refractivity contribution >= 4 is 11.7 Å². The second-order valence-corrected chi connectivity index (χ2v) is 4.80. The van der Waals surface area contributed by atoms with Gasteiger partial charge in [-0.3, -0.25) is 4.79 Å². The maximum Gasteiger partial charge on any atom is 0.232 e. The van der Waals surface area contributed by atoms with E-state index in [2.05, 4.69) is 21.8 Å². The molecule has 17 heavy (non-hydrogen) atoms. The molecule has 3 heterocycles. The van der Waals surface area contributed by atoms with Crippen molar-refractivity contribution in [3.63, 3.8) is 0 Å². The van der Waals surface area contributed by atoms with Crippen molar-refractivity contribution in [3.05, 3.63) is 36.6 Å². The van der Waals surface area contributed by atoms with Crippen molar-refractivity contribution in [1.82, 2.24) is 10.3 Å². The topological polar surface area (TPSA) is 45.2 Å². The summed E-state index contributed by atoms with van der Waals surface area (Å²) >= 11 is 0. The zero-order chi connectivity index (χ0) is 12.8. The molecule has 3 rings (SSSR count). The molecular weight excluding hydrogens is 214 g/mol. The van der Waals surface area contributed by atoms with E-state index in [0.717, 1.165) is 30.9 Å². The van der Waals surface area contributed by atoms with Gasteiger partial charge in [-0.05, 0) is 18.5 Å². The lowest BCUT2D eigenvalue weighted by molar-refractivity contribution is -0.126. The van der Waals surface area contributed by atoms with E-state index >= 15 is 0 Å². The van der Waals surface area contributed by atoms with E-state index in [0.29, 0.717) is 12.6 Å². The van der Waals surface area contributed by atoms with Crippen LogP contribution in [-0.4, -0.2) is 24.0 Å². The average molecular weight is 231 g/mol. The third-order valence-corrected chi connectivity index (χ3v) is 3.60. The number of allylic oxidation sites excluding steroid dienone is 1. The van der Waals surface area contributed by atoms with Crippen LogP contribution in [0.15, 0.2) is 36.6 Å². The first-order chi connectivity index (χ1) is 8.59. The lowest BCUT2D eigenvalue weighted by atomic mass is 9.85. The lowest BCUT2D eigenvalue weighted by Gasteiger charge is -2.21. The van der Waals surface area contributed by atoms with Gasteiger partial charge >= 0.3 is 0 Å². The molecule has 4 nitrogen and oxygen atoms in total. The highest BCUT2D eigenvalue weighted by atomic mass is 16.2. The Kier molecular flexibility index (Phi) is 1.94. The fourth-order valence-corrected chi connectivity index (χ4v) is 2.72. The van der Waals surface area contributed by atoms with E-state index in [1.54, 1.807) is 6.07 Å². The second-order valence-electron chi connectivity index (χ2n) is 4.80. The molecule has 2 aliphatic rings. The van der Waals surface area contributed by atoms with Gasteiger partial charge in [-0.15, -0.1) is 0 Å². The van der Waals surface area contributed by atoms with Gasteiger partial charge in [0.15, 0.2) is 0 Å². The van der Waals surface area contributed by atoms with Crippen molar-refractivity contribution in [2.75, 3.05) is 18.0 Å². The Labute approximate surface area is 102 Å². The molecule has 0 aromatic carbocycles. The number of carbonyl (C=O) groups is 1. The first kappa shape index (κ1) is 9.22. The van der Waals surface area contributed by atoms with Crippen LogP contribution in [0, 0.1) is 5.41 Å². The molecule has 2 fully saturated rings. The van der Waals surface area contributed by atoms with Crippen LogP contribution in [-0.2, 0) is 4.79 Å². The van der Waals surface area contributed by atoms with Crippen LogP contribution in [0.1, 0.15) is 14.2 Å². The maximum absolute atomic E-state index is 12.0. The predicted octanol–water partition coefficient (Wildman–Crippen LogP) is 1.31. The van der Waals surface area contributed by atoms with E-state index in [1.165, 1.54) is 6.20 Å². The fourth-order valence-electron chi connectivity index (χ4n) is 2.72. The van der Waals surface area contributed by atoms with Gasteiger partial charge in [-0.1, -0.05) is 12.6 Å². The van der Waals surface area contributed by atoms with Gasteiger partial charge in [0.1, 0.15) is 5.82 Å². The molecule has 0 bridgehead atoms. The maximum atomic E-state index is 12.0. The Balaban J connectivity index is 1.81. The Morgan fingerprint density at radius 3 is 3.18 bits per heavy atom. The van der Waals surface area contributed by atoms with Crippen LogP contribution in [0.4, 0.5) is 5.82 Å². The Morgan fingerprint density at radius 1 is 1.65 bits per heavy atom. The molecule has 0 saturated carbocycles. The Morgan fingerprint density at radius 2 is 2.53 bits per heavy atom. The molecular formula is C13H15N3O. The number of carbonyl (C=O) groups excluding carboxylic acids is 1. The monoisotopic (exact) mass is 231 g/mol. The summed E-state index contributed by atoms with van der Waals surface area (Å²) in [6.07, 6.45) is 3.09. The summed E-state index contributed by atoms with van der Waals surface area (Å²) in [5, 5.41) is 2.82. The van der Waals surface area contributed by atoms with Crippen LogP contribution in [0.2, 0.25) is 0 Å². The summed E-state index contributed by atoms with van der Waals surface area (Å²) in [6.45, 7) is 5.35. The normalized spacial score (nSPS) is 28.7. The third-order valence-electron chi connectivity index (χ3n) is 3.60. The zero-order valence-electron chi connectivity index (χ0n) is 10.6. The average Bonchev–Trinajstić information content (AvgIpc) is 2.86. The minimum absolute atomic E-state index is 0.0899. The minimum Gasteiger partial charge on any atom is -0.355 e. The number of amides is 1. The number of nitrogens with zero attached hydrogens (tertiary/aromatic N) is 2. The smallest absolute Gasteiger partial charge is 0.232 e. The van der Waals surface area contributed by atoms with Crippen LogP contribution in [0.3, 0.4) is 0 Å². The molecule has 1 spiro atoms. The number of anilines is 1. The standard InChI is InChI=1S/C13H15N3O/c1-10-8-13(12(17)15-10)5-7-16(9-13)11-4-2-3-6-14-11/h2-4,6H,1,5,7-9H2,(H,15,17)/i3T. The van der Waals surface area contributed by atoms with Crippen LogP contribution >= 0.6 is 0 Å². The highest BCUT2D eigenvalue weighted by molar-refractivity contribution is 5.88. The second kappa shape index (κ2) is 3.58. The first-order valence-electron chi connectivity index (χ1n) is 6.26. The number of aromatic nitrogens is 1. The first-order valence-corrected chi connectivity index (χ1v) is 5.76. The zero-order valence-corrected chi connectivity index (χ0v) is 9.57. The molecule has 2 aliphatic heterocycles. The van der Waals surface area contributed by atoms with E-state index in [9.17, 15) is 4.79 Å². The number of rotatable bonds is 1. The highest BCUT2D eigenvalue weighted by Gasteiger charge is 2.49. The number of hydrogen-bond donors (Lipinski definition) is 1. The van der Waals surface area contributed by atoms with Crippen LogP contribution in [0.5, 0.6) is 0 Å². The van der Waals surface area contributed by atoms with Gasteiger partial charge < -0.3 is 10.2 Å². The van der Waals surface area contributed by atoms with E-state index in [4.69, 9.17) is 1.37 Å². The van der Waals surface area contributed by atoms with Gasteiger partial charge in [0, 0.05) is 31.4 Å². The van der Waals surface area contributed by atoms with Gasteiger partial charge in [-0.2, -0.15) is 0 Å². The molecule has 88 valence electrons. The fraction of sp³-hybridized carbons (Fsp3) is 0.385. The minimum atomic E-state index is -0.321. The number of pyridine rings is 1. The molecule has 4 heteroatoms. The molecule has 1 aromatic heterocycles. The summed E-state index contributed by atoms with van der Waals surface area (Å²) in [7, 11) is 0. The highest BCUT2D eigenvalue weighted by Crippen LogP contribution is 2.41. The summed E-state index contributed by atoms with van der Waals surface area (Å²) in [6, 6.07) is 3.96. The summed E-state index contributed by atoms with van der Waals surface area (Å²) in [4.78, 5) is 18.3. The lowest BCUT2D eigenvalue weighted by Crippen LogP contribution is -2.34. The Bertz CT molecular complexity index is 513. The molecule has 1 unspecified atom stereocenters. The molecule has 0 aliphatic carbocycles. The molecule has 1 aromatic rings. The molecule has 1 atom stereocenters.